The normalized spacial score (nSPS) is 16.4. The van der Waals surface area contributed by atoms with Crippen LogP contribution in [0.15, 0.2) is 42.5 Å². The van der Waals surface area contributed by atoms with Crippen LogP contribution in [-0.4, -0.2) is 57.1 Å². The quantitative estimate of drug-likeness (QED) is 0.448. The first kappa shape index (κ1) is 22.6. The second-order valence-electron chi connectivity index (χ2n) is 7.41. The highest BCUT2D eigenvalue weighted by atomic mass is 16.5. The van der Waals surface area contributed by atoms with Crippen molar-refractivity contribution in [1.29, 1.82) is 0 Å². The molecule has 0 radical (unpaired) electrons. The topological polar surface area (TPSA) is 74.3 Å². The van der Waals surface area contributed by atoms with E-state index < -0.39 is 6.04 Å². The molecule has 7 nitrogen and oxygen atoms in total. The minimum Gasteiger partial charge on any atom is -0.493 e. The molecule has 0 spiro atoms. The maximum Gasteiger partial charge on any atom is 0.323 e. The minimum absolute atomic E-state index is 0.115. The zero-order valence-corrected chi connectivity index (χ0v) is 18.3. The Morgan fingerprint density at radius 1 is 0.968 bits per heavy atom. The fourth-order valence-corrected chi connectivity index (χ4v) is 3.79. The average molecular weight is 427 g/mol. The van der Waals surface area contributed by atoms with Gasteiger partial charge >= 0.3 is 5.97 Å². The number of ketones is 1. The lowest BCUT2D eigenvalue weighted by atomic mass is 10.0. The molecule has 1 fully saturated rings. The van der Waals surface area contributed by atoms with Crippen LogP contribution in [0.2, 0.25) is 0 Å². The molecule has 31 heavy (non-hydrogen) atoms. The third-order valence-electron chi connectivity index (χ3n) is 5.44. The van der Waals surface area contributed by atoms with Gasteiger partial charge in [-0.1, -0.05) is 36.8 Å². The maximum absolute atomic E-state index is 13.1. The molecular weight excluding hydrogens is 398 g/mol. The van der Waals surface area contributed by atoms with Gasteiger partial charge in [0.2, 0.25) is 5.75 Å². The highest BCUT2D eigenvalue weighted by Gasteiger charge is 2.32. The second kappa shape index (κ2) is 10.8. The van der Waals surface area contributed by atoms with Crippen molar-refractivity contribution in [2.75, 3.05) is 34.4 Å². The van der Waals surface area contributed by atoms with Gasteiger partial charge in [0.15, 0.2) is 17.3 Å². The summed E-state index contributed by atoms with van der Waals surface area (Å²) in [7, 11) is 4.53. The summed E-state index contributed by atoms with van der Waals surface area (Å²) >= 11 is 0. The SMILES string of the molecule is COc1cc(C(=O)CN2CCCC[C@H]2C(=O)OCc2ccccc2)cc(OC)c1OC. The number of piperidine rings is 1. The smallest absolute Gasteiger partial charge is 0.323 e. The van der Waals surface area contributed by atoms with Gasteiger partial charge in [-0.25, -0.2) is 0 Å². The first-order valence-corrected chi connectivity index (χ1v) is 10.3. The minimum atomic E-state index is -0.427. The summed E-state index contributed by atoms with van der Waals surface area (Å²) in [6, 6.07) is 12.4. The number of benzene rings is 2. The number of esters is 1. The Kier molecular flexibility index (Phi) is 7.89. The third kappa shape index (κ3) is 5.55. The van der Waals surface area contributed by atoms with Crippen LogP contribution in [0.1, 0.15) is 35.2 Å². The molecule has 2 aromatic rings. The Labute approximate surface area is 182 Å². The molecule has 3 rings (SSSR count). The number of likely N-dealkylation sites (tertiary alicyclic amines) is 1. The van der Waals surface area contributed by atoms with E-state index in [0.29, 0.717) is 35.8 Å². The molecule has 0 bridgehead atoms. The van der Waals surface area contributed by atoms with E-state index in [0.717, 1.165) is 18.4 Å². The molecule has 0 unspecified atom stereocenters. The molecule has 0 saturated carbocycles. The fourth-order valence-electron chi connectivity index (χ4n) is 3.79. The van der Waals surface area contributed by atoms with Gasteiger partial charge in [-0.05, 0) is 37.1 Å². The van der Waals surface area contributed by atoms with Crippen LogP contribution in [0.3, 0.4) is 0 Å². The van der Waals surface area contributed by atoms with E-state index in [1.54, 1.807) is 12.1 Å². The van der Waals surface area contributed by atoms with Gasteiger partial charge in [-0.15, -0.1) is 0 Å². The van der Waals surface area contributed by atoms with Crippen molar-refractivity contribution in [3.8, 4) is 17.2 Å². The number of nitrogens with zero attached hydrogens (tertiary/aromatic N) is 1. The molecule has 1 aliphatic rings. The van der Waals surface area contributed by atoms with Crippen LogP contribution < -0.4 is 14.2 Å². The first-order chi connectivity index (χ1) is 15.1. The monoisotopic (exact) mass is 427 g/mol. The summed E-state index contributed by atoms with van der Waals surface area (Å²) in [5, 5.41) is 0. The molecule has 0 aliphatic carbocycles. The van der Waals surface area contributed by atoms with Gasteiger partial charge in [0.05, 0.1) is 27.9 Å². The number of carbonyl (C=O) groups is 2. The molecule has 0 aromatic heterocycles. The van der Waals surface area contributed by atoms with E-state index in [-0.39, 0.29) is 24.9 Å². The summed E-state index contributed by atoms with van der Waals surface area (Å²) in [6.45, 7) is 1.01. The predicted molar refractivity (Wildman–Crippen MR) is 116 cm³/mol. The number of hydrogen-bond donors (Lipinski definition) is 0. The predicted octanol–water partition coefficient (Wildman–Crippen LogP) is 3.49. The van der Waals surface area contributed by atoms with Gasteiger partial charge in [-0.2, -0.15) is 0 Å². The van der Waals surface area contributed by atoms with Crippen molar-refractivity contribution in [2.24, 2.45) is 0 Å². The summed E-state index contributed by atoms with van der Waals surface area (Å²) < 4.78 is 21.6. The Morgan fingerprint density at radius 2 is 1.65 bits per heavy atom. The Hall–Kier alpha value is -3.06. The van der Waals surface area contributed by atoms with Crippen LogP contribution in [0.25, 0.3) is 0 Å². The van der Waals surface area contributed by atoms with Gasteiger partial charge < -0.3 is 18.9 Å². The van der Waals surface area contributed by atoms with Gasteiger partial charge in [0.25, 0.3) is 0 Å². The first-order valence-electron chi connectivity index (χ1n) is 10.3. The molecule has 2 aromatic carbocycles. The van der Waals surface area contributed by atoms with E-state index >= 15 is 0 Å². The zero-order chi connectivity index (χ0) is 22.2. The van der Waals surface area contributed by atoms with Crippen molar-refractivity contribution in [3.05, 3.63) is 53.6 Å². The van der Waals surface area contributed by atoms with E-state index in [9.17, 15) is 9.59 Å². The largest absolute Gasteiger partial charge is 0.493 e. The zero-order valence-electron chi connectivity index (χ0n) is 18.3. The molecule has 1 aliphatic heterocycles. The average Bonchev–Trinajstić information content (AvgIpc) is 2.82. The third-order valence-corrected chi connectivity index (χ3v) is 5.44. The Bertz CT molecular complexity index is 873. The molecule has 1 saturated heterocycles. The maximum atomic E-state index is 13.1. The molecule has 0 N–H and O–H groups in total. The van der Waals surface area contributed by atoms with E-state index in [4.69, 9.17) is 18.9 Å². The lowest BCUT2D eigenvalue weighted by Crippen LogP contribution is -2.47. The number of carbonyl (C=O) groups excluding carboxylic acids is 2. The van der Waals surface area contributed by atoms with Crippen molar-refractivity contribution in [2.45, 2.75) is 31.9 Å². The van der Waals surface area contributed by atoms with Crippen LogP contribution in [0, 0.1) is 0 Å². The lowest BCUT2D eigenvalue weighted by Gasteiger charge is -2.33. The number of methoxy groups -OCH3 is 3. The van der Waals surface area contributed by atoms with Gasteiger partial charge in [0, 0.05) is 5.56 Å². The fraction of sp³-hybridized carbons (Fsp3) is 0.417. The summed E-state index contributed by atoms with van der Waals surface area (Å²) in [4.78, 5) is 27.7. The summed E-state index contributed by atoms with van der Waals surface area (Å²) in [5.41, 5.74) is 1.38. The molecule has 1 atom stereocenters. The Morgan fingerprint density at radius 3 is 2.26 bits per heavy atom. The second-order valence-corrected chi connectivity index (χ2v) is 7.41. The number of ether oxygens (including phenoxy) is 4. The standard InChI is InChI=1S/C24H29NO6/c1-28-21-13-18(14-22(29-2)23(21)30-3)20(26)15-25-12-8-7-11-19(25)24(27)31-16-17-9-5-4-6-10-17/h4-6,9-10,13-14,19H,7-8,11-12,15-16H2,1-3H3/t19-/m0/s1. The molecule has 166 valence electrons. The highest BCUT2D eigenvalue weighted by Crippen LogP contribution is 2.38. The molecule has 7 heteroatoms. The summed E-state index contributed by atoms with van der Waals surface area (Å²) in [5.74, 6) is 0.857. The van der Waals surface area contributed by atoms with Crippen molar-refractivity contribution >= 4 is 11.8 Å². The number of rotatable bonds is 9. The van der Waals surface area contributed by atoms with Crippen molar-refractivity contribution in [3.63, 3.8) is 0 Å². The molecular formula is C24H29NO6. The Balaban J connectivity index is 1.70. The van der Waals surface area contributed by atoms with Gasteiger partial charge in [0.1, 0.15) is 12.6 Å². The highest BCUT2D eigenvalue weighted by molar-refractivity contribution is 5.99. The van der Waals surface area contributed by atoms with E-state index in [1.807, 2.05) is 35.2 Å². The van der Waals surface area contributed by atoms with Crippen LogP contribution >= 0.6 is 0 Å². The molecule has 1 heterocycles. The number of Topliss-reactive ketones (excluding diaryl/α,β-unsaturated/α-hetero) is 1. The van der Waals surface area contributed by atoms with Crippen molar-refractivity contribution in [1.82, 2.24) is 4.90 Å². The summed E-state index contributed by atoms with van der Waals surface area (Å²) in [6.07, 6.45) is 2.54. The van der Waals surface area contributed by atoms with Gasteiger partial charge in [-0.3, -0.25) is 14.5 Å². The lowest BCUT2D eigenvalue weighted by molar-refractivity contribution is -0.152. The number of hydrogen-bond acceptors (Lipinski definition) is 7. The van der Waals surface area contributed by atoms with E-state index in [1.165, 1.54) is 21.3 Å². The van der Waals surface area contributed by atoms with Crippen LogP contribution in [-0.2, 0) is 16.1 Å². The van der Waals surface area contributed by atoms with Crippen molar-refractivity contribution < 1.29 is 28.5 Å². The van der Waals surface area contributed by atoms with E-state index in [2.05, 4.69) is 0 Å². The van der Waals surface area contributed by atoms with Crippen LogP contribution in [0.5, 0.6) is 17.2 Å². The molecule has 0 amide bonds. The van der Waals surface area contributed by atoms with Crippen LogP contribution in [0.4, 0.5) is 0 Å².